The van der Waals surface area contributed by atoms with Gasteiger partial charge in [-0.25, -0.2) is 0 Å². The maximum absolute atomic E-state index is 12.0. The maximum atomic E-state index is 12.0. The van der Waals surface area contributed by atoms with E-state index >= 15 is 0 Å². The van der Waals surface area contributed by atoms with Crippen LogP contribution >= 0.6 is 23.1 Å². The summed E-state index contributed by atoms with van der Waals surface area (Å²) in [4.78, 5) is 14.6. The summed E-state index contributed by atoms with van der Waals surface area (Å²) in [5, 5.41) is 15.5. The second-order valence-electron chi connectivity index (χ2n) is 4.94. The molecule has 114 valence electrons. The fourth-order valence-corrected chi connectivity index (χ4v) is 3.63. The van der Waals surface area contributed by atoms with Crippen LogP contribution in [0.3, 0.4) is 0 Å². The standard InChI is InChI=1S/C14H15N5OS2/c1-9(14(20)18(2)3)22-12-7-6-11-15-16-13(19(11)17-12)10-5-4-8-21-10/h4-9H,1-3H3. The molecule has 0 fully saturated rings. The Labute approximate surface area is 136 Å². The van der Waals surface area contributed by atoms with Crippen LogP contribution in [0.2, 0.25) is 0 Å². The molecule has 1 unspecified atom stereocenters. The molecular weight excluding hydrogens is 318 g/mol. The lowest BCUT2D eigenvalue weighted by molar-refractivity contribution is -0.127. The summed E-state index contributed by atoms with van der Waals surface area (Å²) < 4.78 is 1.72. The van der Waals surface area contributed by atoms with Gasteiger partial charge in [-0.1, -0.05) is 17.8 Å². The van der Waals surface area contributed by atoms with Gasteiger partial charge < -0.3 is 4.90 Å². The Hall–Kier alpha value is -1.93. The van der Waals surface area contributed by atoms with Crippen LogP contribution in [0, 0.1) is 0 Å². The number of rotatable bonds is 4. The molecule has 0 aliphatic heterocycles. The number of thiophene rings is 1. The molecule has 0 bridgehead atoms. The lowest BCUT2D eigenvalue weighted by Crippen LogP contribution is -2.29. The van der Waals surface area contributed by atoms with Crippen LogP contribution in [-0.4, -0.2) is 50.0 Å². The molecule has 0 aromatic carbocycles. The van der Waals surface area contributed by atoms with Gasteiger partial charge in [-0.3, -0.25) is 4.79 Å². The van der Waals surface area contributed by atoms with Crippen LogP contribution in [0.15, 0.2) is 34.7 Å². The normalized spacial score (nSPS) is 12.5. The van der Waals surface area contributed by atoms with Gasteiger partial charge in [-0.2, -0.15) is 9.61 Å². The number of fused-ring (bicyclic) bond motifs is 1. The molecule has 3 aromatic heterocycles. The lowest BCUT2D eigenvalue weighted by Gasteiger charge is -2.15. The average molecular weight is 333 g/mol. The Bertz CT molecular complexity index is 797. The molecule has 0 saturated heterocycles. The minimum absolute atomic E-state index is 0.0640. The molecule has 1 atom stereocenters. The summed E-state index contributed by atoms with van der Waals surface area (Å²) in [7, 11) is 3.51. The second kappa shape index (κ2) is 6.05. The predicted octanol–water partition coefficient (Wildman–Crippen LogP) is 2.42. The molecular formula is C14H15N5OS2. The zero-order valence-corrected chi connectivity index (χ0v) is 14.1. The summed E-state index contributed by atoms with van der Waals surface area (Å²) in [6.45, 7) is 1.88. The van der Waals surface area contributed by atoms with Crippen molar-refractivity contribution >= 4 is 34.7 Å². The molecule has 0 aliphatic rings. The van der Waals surface area contributed by atoms with Crippen LogP contribution in [0.1, 0.15) is 6.92 Å². The van der Waals surface area contributed by atoms with E-state index in [0.717, 1.165) is 15.7 Å². The topological polar surface area (TPSA) is 63.4 Å². The van der Waals surface area contributed by atoms with Gasteiger partial charge in [-0.05, 0) is 30.5 Å². The largest absolute Gasteiger partial charge is 0.348 e. The summed E-state index contributed by atoms with van der Waals surface area (Å²) in [6, 6.07) is 7.69. The van der Waals surface area contributed by atoms with Crippen molar-refractivity contribution in [1.82, 2.24) is 24.7 Å². The summed E-state index contributed by atoms with van der Waals surface area (Å²) in [5.41, 5.74) is 0.694. The van der Waals surface area contributed by atoms with Crippen molar-refractivity contribution in [3.05, 3.63) is 29.6 Å². The third kappa shape index (κ3) is 2.84. The molecule has 0 spiro atoms. The van der Waals surface area contributed by atoms with E-state index in [1.54, 1.807) is 34.8 Å². The molecule has 22 heavy (non-hydrogen) atoms. The number of nitrogens with zero attached hydrogens (tertiary/aromatic N) is 5. The molecule has 0 saturated carbocycles. The van der Waals surface area contributed by atoms with Crippen molar-refractivity contribution in [2.24, 2.45) is 0 Å². The summed E-state index contributed by atoms with van der Waals surface area (Å²) >= 11 is 3.02. The molecule has 0 aliphatic carbocycles. The van der Waals surface area contributed by atoms with Crippen molar-refractivity contribution < 1.29 is 4.79 Å². The number of carbonyl (C=O) groups is 1. The van der Waals surface area contributed by atoms with Gasteiger partial charge >= 0.3 is 0 Å². The van der Waals surface area contributed by atoms with E-state index in [-0.39, 0.29) is 11.2 Å². The van der Waals surface area contributed by atoms with Crippen molar-refractivity contribution in [3.63, 3.8) is 0 Å². The number of thioether (sulfide) groups is 1. The quantitative estimate of drug-likeness (QED) is 0.686. The highest BCUT2D eigenvalue weighted by Gasteiger charge is 2.18. The lowest BCUT2D eigenvalue weighted by atomic mass is 10.4. The molecule has 6 nitrogen and oxygen atoms in total. The zero-order chi connectivity index (χ0) is 15.7. The molecule has 3 rings (SSSR count). The first kappa shape index (κ1) is 15.0. The van der Waals surface area contributed by atoms with Gasteiger partial charge in [0.15, 0.2) is 11.5 Å². The molecule has 1 amide bonds. The number of amides is 1. The van der Waals surface area contributed by atoms with Crippen molar-refractivity contribution in [2.45, 2.75) is 17.2 Å². The smallest absolute Gasteiger partial charge is 0.235 e. The number of carbonyl (C=O) groups excluding carboxylic acids is 1. The van der Waals surface area contributed by atoms with Gasteiger partial charge in [0.05, 0.1) is 10.1 Å². The highest BCUT2D eigenvalue weighted by Crippen LogP contribution is 2.26. The molecule has 3 aromatic rings. The zero-order valence-electron chi connectivity index (χ0n) is 12.4. The molecule has 0 radical (unpaired) electrons. The van der Waals surface area contributed by atoms with Gasteiger partial charge in [0.2, 0.25) is 5.91 Å². The first-order valence-electron chi connectivity index (χ1n) is 6.70. The Balaban J connectivity index is 1.92. The third-order valence-corrected chi connectivity index (χ3v) is 4.95. The fourth-order valence-electron chi connectivity index (χ4n) is 1.99. The minimum atomic E-state index is -0.193. The van der Waals surface area contributed by atoms with E-state index in [2.05, 4.69) is 15.3 Å². The number of hydrogen-bond acceptors (Lipinski definition) is 6. The Morgan fingerprint density at radius 2 is 2.14 bits per heavy atom. The van der Waals surface area contributed by atoms with Gasteiger partial charge in [0.1, 0.15) is 5.03 Å². The average Bonchev–Trinajstić information content (AvgIpc) is 3.14. The van der Waals surface area contributed by atoms with E-state index in [9.17, 15) is 4.79 Å². The van der Waals surface area contributed by atoms with Gasteiger partial charge in [0.25, 0.3) is 0 Å². The molecule has 0 N–H and O–H groups in total. The molecule has 8 heteroatoms. The van der Waals surface area contributed by atoms with Gasteiger partial charge in [-0.15, -0.1) is 21.5 Å². The molecule has 3 heterocycles. The van der Waals surface area contributed by atoms with Gasteiger partial charge in [0, 0.05) is 14.1 Å². The predicted molar refractivity (Wildman–Crippen MR) is 88.1 cm³/mol. The first-order chi connectivity index (χ1) is 10.6. The summed E-state index contributed by atoms with van der Waals surface area (Å²) in [5.74, 6) is 0.785. The first-order valence-corrected chi connectivity index (χ1v) is 8.46. The third-order valence-electron chi connectivity index (χ3n) is 3.07. The SMILES string of the molecule is CC(Sc1ccc2nnc(-c3cccs3)n2n1)C(=O)N(C)C. The van der Waals surface area contributed by atoms with E-state index in [4.69, 9.17) is 0 Å². The van der Waals surface area contributed by atoms with E-state index in [1.165, 1.54) is 11.8 Å². The number of hydrogen-bond donors (Lipinski definition) is 0. The Kier molecular flexibility index (Phi) is 4.12. The van der Waals surface area contributed by atoms with E-state index in [1.807, 2.05) is 36.6 Å². The highest BCUT2D eigenvalue weighted by molar-refractivity contribution is 8.00. The summed E-state index contributed by atoms with van der Waals surface area (Å²) in [6.07, 6.45) is 0. The van der Waals surface area contributed by atoms with E-state index in [0.29, 0.717) is 5.65 Å². The fraction of sp³-hybridized carbons (Fsp3) is 0.286. The Morgan fingerprint density at radius 1 is 1.32 bits per heavy atom. The van der Waals surface area contributed by atoms with Crippen molar-refractivity contribution in [1.29, 1.82) is 0 Å². The monoisotopic (exact) mass is 333 g/mol. The van der Waals surface area contributed by atoms with Crippen molar-refractivity contribution in [2.75, 3.05) is 14.1 Å². The van der Waals surface area contributed by atoms with Crippen molar-refractivity contribution in [3.8, 4) is 10.7 Å². The van der Waals surface area contributed by atoms with Crippen LogP contribution in [0.5, 0.6) is 0 Å². The second-order valence-corrected chi connectivity index (χ2v) is 7.24. The van der Waals surface area contributed by atoms with Crippen LogP contribution < -0.4 is 0 Å². The Morgan fingerprint density at radius 3 is 2.82 bits per heavy atom. The van der Waals surface area contributed by atoms with Crippen LogP contribution in [-0.2, 0) is 4.79 Å². The minimum Gasteiger partial charge on any atom is -0.348 e. The van der Waals surface area contributed by atoms with Crippen LogP contribution in [0.4, 0.5) is 0 Å². The highest BCUT2D eigenvalue weighted by atomic mass is 32.2. The number of aromatic nitrogens is 4. The van der Waals surface area contributed by atoms with Crippen LogP contribution in [0.25, 0.3) is 16.3 Å². The van der Waals surface area contributed by atoms with E-state index < -0.39 is 0 Å². The maximum Gasteiger partial charge on any atom is 0.235 e.